The topological polar surface area (TPSA) is 130 Å². The summed E-state index contributed by atoms with van der Waals surface area (Å²) < 4.78 is 9.82. The Morgan fingerprint density at radius 2 is 1.06 bits per heavy atom. The lowest BCUT2D eigenvalue weighted by Crippen LogP contribution is -2.44. The summed E-state index contributed by atoms with van der Waals surface area (Å²) in [4.78, 5) is 28.3. The van der Waals surface area contributed by atoms with Crippen LogP contribution in [0.4, 0.5) is 5.69 Å². The summed E-state index contributed by atoms with van der Waals surface area (Å²) in [6.45, 7) is 57.8. The molecule has 0 radical (unpaired) electrons. The zero-order chi connectivity index (χ0) is 76.3. The average molecular weight is 1400 g/mol. The minimum Gasteiger partial charge on any atom is -0.480 e. The maximum Gasteiger partial charge on any atom is 0.317 e. The molecule has 0 amide bonds. The van der Waals surface area contributed by atoms with Gasteiger partial charge in [0.25, 0.3) is 0 Å². The van der Waals surface area contributed by atoms with Gasteiger partial charge in [-0.3, -0.25) is 4.79 Å². The first-order chi connectivity index (χ1) is 46.8. The molecule has 0 spiro atoms. The van der Waals surface area contributed by atoms with Gasteiger partial charge in [0.2, 0.25) is 0 Å². The largest absolute Gasteiger partial charge is 0.480 e. The molecule has 0 aromatic heterocycles. The molecule has 5 heterocycles. The molecule has 16 nitrogen and oxygen atoms in total. The number of rotatable bonds is 17. The number of piperazine rings is 1. The number of methoxy groups -OCH3 is 1. The highest BCUT2D eigenvalue weighted by Gasteiger charge is 2.27. The van der Waals surface area contributed by atoms with Crippen LogP contribution in [0.5, 0.6) is 0 Å². The maximum atomic E-state index is 9.54. The molecule has 2 aromatic carbocycles. The number of aliphatic carboxylic acids is 1. The molecule has 8 rings (SSSR count). The first kappa shape index (κ1) is 105. The molecule has 5 N–H and O–H groups in total. The molecule has 6 fully saturated rings. The van der Waals surface area contributed by atoms with Crippen LogP contribution in [-0.2, 0) is 14.3 Å². The lowest BCUT2D eigenvalue weighted by atomic mass is 9.75. The first-order valence-corrected chi connectivity index (χ1v) is 39.0. The highest BCUT2D eigenvalue weighted by molar-refractivity contribution is 5.68. The van der Waals surface area contributed by atoms with Crippen molar-refractivity contribution in [1.82, 2.24) is 55.6 Å². The zero-order valence-electron chi connectivity index (χ0n) is 70.8. The normalized spacial score (nSPS) is 16.8. The molecule has 16 heteroatoms. The predicted octanol–water partition coefficient (Wildman–Crippen LogP) is 14.8. The Hall–Kier alpha value is -3.07. The van der Waals surface area contributed by atoms with Gasteiger partial charge in [0, 0.05) is 77.7 Å². The van der Waals surface area contributed by atoms with Gasteiger partial charge in [0.15, 0.2) is 0 Å². The summed E-state index contributed by atoms with van der Waals surface area (Å²) >= 11 is 0. The third-order valence-corrected chi connectivity index (χ3v) is 17.6. The number of carboxylic acid groups (broad SMARTS) is 1. The monoisotopic (exact) mass is 1400 g/mol. The Morgan fingerprint density at radius 3 is 1.30 bits per heavy atom. The number of piperidine rings is 3. The Morgan fingerprint density at radius 1 is 0.616 bits per heavy atom. The summed E-state index contributed by atoms with van der Waals surface area (Å²) in [6.07, 6.45) is 18.9. The van der Waals surface area contributed by atoms with E-state index in [2.05, 4.69) is 281 Å². The third-order valence-electron chi connectivity index (χ3n) is 17.6. The number of benzene rings is 2. The van der Waals surface area contributed by atoms with Crippen molar-refractivity contribution in [3.8, 4) is 0 Å². The Balaban J connectivity index is -0.000000327. The second-order valence-electron chi connectivity index (χ2n) is 30.6. The van der Waals surface area contributed by atoms with Gasteiger partial charge in [-0.25, -0.2) is 0 Å². The number of likely N-dealkylation sites (tertiary alicyclic amines) is 3. The van der Waals surface area contributed by atoms with Gasteiger partial charge < -0.3 is 75.0 Å². The SMILES string of the molecule is C=C(C)CCC.CCC(C)C.CCCC(C)(C)C.CCN(C)CC.CN1CCC(C(C)(C)C)CC1.CN1CCC(c2ccccc2)CC1.CN1CCCCC1.CN1CCN(c2ccccc2)CC1.CN1CCOCC1.CNC1CC1.CNCC(=O)O.CNCCN(C)C.CNCCOC. The number of allylic oxidation sites excluding steroid dienone is 1. The number of hydrogen-bond donors (Lipinski definition) is 5. The van der Waals surface area contributed by atoms with Crippen molar-refractivity contribution in [3.05, 3.63) is 78.4 Å². The van der Waals surface area contributed by atoms with Crippen LogP contribution in [0.15, 0.2) is 72.8 Å². The van der Waals surface area contributed by atoms with E-state index in [1.807, 2.05) is 21.1 Å². The van der Waals surface area contributed by atoms with E-state index in [9.17, 15) is 4.79 Å². The number of anilines is 1. The van der Waals surface area contributed by atoms with E-state index in [-0.39, 0.29) is 6.54 Å². The predicted molar refractivity (Wildman–Crippen MR) is 441 cm³/mol. The molecule has 6 aliphatic rings. The highest BCUT2D eigenvalue weighted by atomic mass is 16.5. The van der Waals surface area contributed by atoms with Crippen LogP contribution in [0, 0.1) is 22.7 Å². The molecule has 5 saturated heterocycles. The fraction of sp³-hybridized carbons (Fsp3) is 0.819. The summed E-state index contributed by atoms with van der Waals surface area (Å²) in [5, 5.41) is 19.5. The van der Waals surface area contributed by atoms with Gasteiger partial charge in [-0.2, -0.15) is 0 Å². The van der Waals surface area contributed by atoms with Gasteiger partial charge in [0.1, 0.15) is 0 Å². The van der Waals surface area contributed by atoms with Crippen molar-refractivity contribution in [2.45, 2.75) is 199 Å². The summed E-state index contributed by atoms with van der Waals surface area (Å²) in [7, 11) is 26.3. The molecule has 1 saturated carbocycles. The Kier molecular flexibility index (Phi) is 75.9. The molecular formula is C83H172N12O4. The summed E-state index contributed by atoms with van der Waals surface area (Å²) in [5.74, 6) is 1.81. The smallest absolute Gasteiger partial charge is 0.317 e. The lowest BCUT2D eigenvalue weighted by molar-refractivity contribution is -0.135. The molecule has 0 bridgehead atoms. The highest BCUT2D eigenvalue weighted by Crippen LogP contribution is 2.34. The van der Waals surface area contributed by atoms with Crippen LogP contribution in [0.1, 0.15) is 198 Å². The van der Waals surface area contributed by atoms with Crippen molar-refractivity contribution in [1.29, 1.82) is 0 Å². The van der Waals surface area contributed by atoms with Gasteiger partial charge in [-0.05, 0) is 254 Å². The maximum absolute atomic E-state index is 9.54. The number of nitrogens with zero attached hydrogens (tertiary/aromatic N) is 8. The zero-order valence-corrected chi connectivity index (χ0v) is 70.8. The number of morpholine rings is 1. The summed E-state index contributed by atoms with van der Waals surface area (Å²) in [5.41, 5.74) is 5.25. The van der Waals surface area contributed by atoms with E-state index in [4.69, 9.17) is 14.6 Å². The van der Waals surface area contributed by atoms with E-state index < -0.39 is 5.97 Å². The number of carbonyl (C=O) groups is 1. The van der Waals surface area contributed by atoms with Crippen LogP contribution in [0.2, 0.25) is 0 Å². The van der Waals surface area contributed by atoms with Gasteiger partial charge in [-0.1, -0.05) is 170 Å². The quantitative estimate of drug-likeness (QED) is 0.0760. The number of carboxylic acids is 1. The minimum absolute atomic E-state index is 0.0417. The van der Waals surface area contributed by atoms with Gasteiger partial charge >= 0.3 is 5.97 Å². The second-order valence-corrected chi connectivity index (χ2v) is 30.6. The molecule has 2 aromatic rings. The fourth-order valence-electron chi connectivity index (χ4n) is 9.82. The molecule has 588 valence electrons. The van der Waals surface area contributed by atoms with E-state index in [1.54, 1.807) is 14.2 Å². The lowest BCUT2D eigenvalue weighted by Gasteiger charge is -2.37. The minimum atomic E-state index is -0.822. The van der Waals surface area contributed by atoms with E-state index in [0.717, 1.165) is 103 Å². The standard InChI is InChI=1S/C12H17N.C11H16N2.C10H21N.C7H16.C6H13N.C6H12.C5H14N2.C5H11NO.C5H13N.C5H12.C4H11NO.C4H9N.C3H7NO2/c1-13-9-7-12(8-10-13)11-5-3-2-4-6-11;1-12-7-9-13(10-8-12)11-5-3-2-4-6-11;1-10(2,3)9-5-7-11(4)8-6-9;1-5-6-7(2,3)4;1-7-5-3-2-4-6-7;1-4-5-6(2)3;1-6-4-5-7(2)3;1-6-2-4-7-5-3-6;1-4-6(3)5-2;1-4-5(2)3;1-5-3-4-6-2;1-5-4-2-3-4;1-4-2-3(5)6/h2-6,12H,7-10H2,1H3;2-6H,7-10H2,1H3;9H,5-8H2,1-4H3;5-6H2,1-4H3;2-6H2,1H3;2,4-5H2,1,3H3;6H,4-5H2,1-3H3;2-5H2,1H3;4-5H2,1-3H3;5H,4H2,1-3H3;5H,3-4H2,1-2H3;4-5H,2-3H2,1H3;4H,2H2,1H3,(H,5,6). The molecule has 0 atom stereocenters. The molecular weight excluding hydrogens is 1230 g/mol. The molecule has 99 heavy (non-hydrogen) atoms. The van der Waals surface area contributed by atoms with Crippen LogP contribution >= 0.6 is 0 Å². The van der Waals surface area contributed by atoms with Crippen molar-refractivity contribution in [2.24, 2.45) is 22.7 Å². The van der Waals surface area contributed by atoms with Crippen LogP contribution < -0.4 is 26.2 Å². The average Bonchev–Trinajstić information content (AvgIpc) is 1.25. The summed E-state index contributed by atoms with van der Waals surface area (Å²) in [6, 6.07) is 22.4. The Bertz CT molecular complexity index is 1820. The van der Waals surface area contributed by atoms with Crippen molar-refractivity contribution >= 4 is 11.7 Å². The number of likely N-dealkylation sites (N-methyl/N-ethyl adjacent to an activating group) is 6. The third kappa shape index (κ3) is 80.5. The molecule has 5 aliphatic heterocycles. The van der Waals surface area contributed by atoms with Crippen LogP contribution in [0.25, 0.3) is 0 Å². The Labute approximate surface area is 617 Å². The number of hydrogen-bond acceptors (Lipinski definition) is 15. The molecule has 0 unspecified atom stereocenters. The second kappa shape index (κ2) is 71.9. The number of nitrogens with one attached hydrogen (secondary N) is 4. The van der Waals surface area contributed by atoms with E-state index in [1.165, 1.54) is 159 Å². The fourth-order valence-corrected chi connectivity index (χ4v) is 9.82. The molecule has 1 aliphatic carbocycles. The van der Waals surface area contributed by atoms with Gasteiger partial charge in [0.05, 0.1) is 26.4 Å². The van der Waals surface area contributed by atoms with E-state index >= 15 is 0 Å². The number of ether oxygens (including phenoxy) is 2. The van der Waals surface area contributed by atoms with E-state index in [0.29, 0.717) is 10.8 Å². The number of para-hydroxylation sites is 1. The van der Waals surface area contributed by atoms with Gasteiger partial charge in [-0.15, -0.1) is 6.58 Å². The van der Waals surface area contributed by atoms with Crippen LogP contribution in [0.3, 0.4) is 0 Å². The van der Waals surface area contributed by atoms with Crippen molar-refractivity contribution in [3.63, 3.8) is 0 Å². The van der Waals surface area contributed by atoms with Crippen molar-refractivity contribution < 1.29 is 19.4 Å². The first-order valence-electron chi connectivity index (χ1n) is 39.0. The van der Waals surface area contributed by atoms with Crippen LogP contribution in [-0.4, -0.2) is 281 Å². The van der Waals surface area contributed by atoms with Crippen molar-refractivity contribution in [2.75, 3.05) is 234 Å².